The molecule has 0 aromatic carbocycles. The number of unbranched alkanes of at least 4 members (excludes halogenated alkanes) is 13. The van der Waals surface area contributed by atoms with Crippen LogP contribution in [0.25, 0.3) is 0 Å². The zero-order chi connectivity index (χ0) is 27.1. The molecule has 0 aromatic heterocycles. The van der Waals surface area contributed by atoms with E-state index in [0.29, 0.717) is 12.3 Å². The topological polar surface area (TPSA) is 93.1 Å². The summed E-state index contributed by atoms with van der Waals surface area (Å²) < 4.78 is 22.5. The lowest BCUT2D eigenvalue weighted by molar-refractivity contribution is -0.183. The number of ether oxygens (including phenoxy) is 2. The lowest BCUT2D eigenvalue weighted by Gasteiger charge is -2.25. The van der Waals surface area contributed by atoms with Crippen LogP contribution in [0.5, 0.6) is 0 Å². The fourth-order valence-electron chi connectivity index (χ4n) is 4.45. The Bertz CT molecular complexity index is 538. The van der Waals surface area contributed by atoms with Crippen molar-refractivity contribution in [3.05, 3.63) is 0 Å². The first-order valence-electron chi connectivity index (χ1n) is 14.6. The molecule has 0 aliphatic carbocycles. The Labute approximate surface area is 228 Å². The van der Waals surface area contributed by atoms with Crippen LogP contribution in [0.1, 0.15) is 143 Å². The largest absolute Gasteiger partial charge is 0.476 e. The Morgan fingerprint density at radius 3 is 1.67 bits per heavy atom. The molecule has 0 heterocycles. The third-order valence-electron chi connectivity index (χ3n) is 6.86. The summed E-state index contributed by atoms with van der Waals surface area (Å²) in [7, 11) is -1.42. The maximum atomic E-state index is 11.2. The third-order valence-corrected chi connectivity index (χ3v) is 7.89. The predicted molar refractivity (Wildman–Crippen MR) is 153 cm³/mol. The van der Waals surface area contributed by atoms with Crippen LogP contribution in [0.15, 0.2) is 0 Å². The van der Waals surface area contributed by atoms with Gasteiger partial charge in [-0.1, -0.05) is 134 Å². The first kappa shape index (κ1) is 35.8. The van der Waals surface area contributed by atoms with Crippen LogP contribution >= 0.6 is 21.1 Å². The van der Waals surface area contributed by atoms with Crippen LogP contribution in [0.4, 0.5) is 0 Å². The third kappa shape index (κ3) is 19.0. The number of hydrogen-bond donors (Lipinski definition) is 3. The van der Waals surface area contributed by atoms with Crippen molar-refractivity contribution in [3.63, 3.8) is 0 Å². The highest BCUT2D eigenvalue weighted by Crippen LogP contribution is 2.27. The van der Waals surface area contributed by atoms with Crippen LogP contribution in [0.3, 0.4) is 0 Å². The van der Waals surface area contributed by atoms with Crippen LogP contribution in [0.2, 0.25) is 0 Å². The van der Waals surface area contributed by atoms with Gasteiger partial charge < -0.3 is 19.7 Å². The number of aliphatic hydroxyl groups is 1. The quantitative estimate of drug-likeness (QED) is 0.0410. The van der Waals surface area contributed by atoms with Gasteiger partial charge in [0, 0.05) is 0 Å². The van der Waals surface area contributed by atoms with Gasteiger partial charge >= 0.3 is 19.8 Å². The smallest absolute Gasteiger partial charge is 0.390 e. The van der Waals surface area contributed by atoms with E-state index in [2.05, 4.69) is 26.5 Å². The summed E-state index contributed by atoms with van der Waals surface area (Å²) in [6, 6.07) is 0. The summed E-state index contributed by atoms with van der Waals surface area (Å²) in [5, 5.41) is 16.6. The van der Waals surface area contributed by atoms with Crippen molar-refractivity contribution in [2.24, 2.45) is 5.92 Å². The van der Waals surface area contributed by atoms with E-state index in [4.69, 9.17) is 14.6 Å². The minimum Gasteiger partial charge on any atom is -0.476 e. The summed E-state index contributed by atoms with van der Waals surface area (Å²) in [6.45, 7) is 5.78. The molecule has 0 aliphatic heterocycles. The molecule has 214 valence electrons. The number of thiol groups is 1. The summed E-state index contributed by atoms with van der Waals surface area (Å²) in [5.41, 5.74) is -0.328. The van der Waals surface area contributed by atoms with Crippen LogP contribution in [0, 0.1) is 5.92 Å². The van der Waals surface area contributed by atoms with Gasteiger partial charge in [0.05, 0.1) is 0 Å². The summed E-state index contributed by atoms with van der Waals surface area (Å²) in [4.78, 5) is 11.2. The maximum Gasteiger partial charge on any atom is 0.390 e. The van der Waals surface area contributed by atoms with Gasteiger partial charge in [-0.05, 0) is 18.8 Å². The molecule has 5 atom stereocenters. The molecule has 6 nitrogen and oxygen atoms in total. The maximum absolute atomic E-state index is 11.2. The molecule has 36 heavy (non-hydrogen) atoms. The van der Waals surface area contributed by atoms with E-state index in [1.165, 1.54) is 109 Å². The number of carboxylic acids is 1. The van der Waals surface area contributed by atoms with Crippen molar-refractivity contribution in [3.8, 4) is 0 Å². The molecule has 0 spiro atoms. The summed E-state index contributed by atoms with van der Waals surface area (Å²) in [5.74, 6) is -1.02. The number of aliphatic carboxylic acids is 1. The average Bonchev–Trinajstić information content (AvgIpc) is 2.86. The second kappa shape index (κ2) is 23.9. The Kier molecular flexibility index (Phi) is 23.8. The normalized spacial score (nSPS) is 16.0. The Morgan fingerprint density at radius 2 is 1.28 bits per heavy atom. The lowest BCUT2D eigenvalue weighted by Crippen LogP contribution is -2.39. The van der Waals surface area contributed by atoms with Gasteiger partial charge in [-0.25, -0.2) is 4.79 Å². The SMILES string of the molecule is CCCCCCCCCCC(CCCCCCCCC)CC(S)OC(CC)OCC(O)([PH+]=O)C(=O)O. The summed E-state index contributed by atoms with van der Waals surface area (Å²) in [6.07, 6.45) is 22.6. The van der Waals surface area contributed by atoms with E-state index < -0.39 is 32.7 Å². The van der Waals surface area contributed by atoms with Gasteiger partial charge in [0.2, 0.25) is 0 Å². The number of hydrogen-bond acceptors (Lipinski definition) is 6. The van der Waals surface area contributed by atoms with Crippen molar-refractivity contribution < 1.29 is 29.0 Å². The van der Waals surface area contributed by atoms with E-state index in [0.717, 1.165) is 6.42 Å². The standard InChI is InChI=1S/C28H55O6PS/c1-4-7-9-11-13-15-17-19-21-24(20-18-16-14-12-10-8-5-2)22-26(36)34-25(6-3)33-23-28(31,35-32)27(29)30/h24-26,31,36H,4-23H2,1-3H3,(H,29,30)/p+1. The fraction of sp³-hybridized carbons (Fsp3) is 0.964. The van der Waals surface area contributed by atoms with Gasteiger partial charge in [-0.15, -0.1) is 12.6 Å². The molecule has 0 radical (unpaired) electrons. The second-order valence-corrected chi connectivity index (χ2v) is 11.9. The van der Waals surface area contributed by atoms with Gasteiger partial charge in [-0.3, -0.25) is 0 Å². The molecule has 8 heteroatoms. The lowest BCUT2D eigenvalue weighted by atomic mass is 9.91. The van der Waals surface area contributed by atoms with Crippen molar-refractivity contribution >= 4 is 27.1 Å². The Hall–Kier alpha value is -0.200. The molecule has 0 rings (SSSR count). The van der Waals surface area contributed by atoms with Crippen molar-refractivity contribution in [2.45, 2.75) is 160 Å². The molecule has 0 saturated carbocycles. The molecule has 0 aliphatic rings. The van der Waals surface area contributed by atoms with Crippen molar-refractivity contribution in [1.29, 1.82) is 0 Å². The second-order valence-electron chi connectivity index (χ2n) is 10.3. The highest BCUT2D eigenvalue weighted by Gasteiger charge is 2.47. The average molecular weight is 552 g/mol. The van der Waals surface area contributed by atoms with E-state index in [9.17, 15) is 14.5 Å². The van der Waals surface area contributed by atoms with Gasteiger partial charge in [0.25, 0.3) is 0 Å². The fourth-order valence-corrected chi connectivity index (χ4v) is 5.12. The highest BCUT2D eigenvalue weighted by molar-refractivity contribution is 7.80. The van der Waals surface area contributed by atoms with Gasteiger partial charge in [0.1, 0.15) is 12.0 Å². The molecule has 0 bridgehead atoms. The molecule has 0 amide bonds. The zero-order valence-corrected chi connectivity index (χ0v) is 25.2. The monoisotopic (exact) mass is 551 g/mol. The minimum absolute atomic E-state index is 0.328. The molecular formula is C28H56O6PS+. The van der Waals surface area contributed by atoms with Crippen LogP contribution in [-0.4, -0.2) is 39.9 Å². The van der Waals surface area contributed by atoms with Crippen LogP contribution < -0.4 is 0 Å². The summed E-state index contributed by atoms with van der Waals surface area (Å²) >= 11 is 4.66. The predicted octanol–water partition coefficient (Wildman–Crippen LogP) is 8.49. The molecular weight excluding hydrogens is 495 g/mol. The molecule has 0 saturated heterocycles. The van der Waals surface area contributed by atoms with Crippen molar-refractivity contribution in [2.75, 3.05) is 6.61 Å². The van der Waals surface area contributed by atoms with E-state index in [1.54, 1.807) is 0 Å². The van der Waals surface area contributed by atoms with E-state index >= 15 is 0 Å². The van der Waals surface area contributed by atoms with Gasteiger partial charge in [0.15, 0.2) is 6.29 Å². The number of carboxylic acid groups (broad SMARTS) is 1. The van der Waals surface area contributed by atoms with E-state index in [-0.39, 0.29) is 5.44 Å². The van der Waals surface area contributed by atoms with Gasteiger partial charge in [-0.2, -0.15) is 0 Å². The van der Waals surface area contributed by atoms with E-state index in [1.807, 2.05) is 6.92 Å². The molecule has 0 fully saturated rings. The van der Waals surface area contributed by atoms with Crippen LogP contribution in [-0.2, 0) is 18.8 Å². The van der Waals surface area contributed by atoms with Crippen molar-refractivity contribution in [1.82, 2.24) is 0 Å². The first-order chi connectivity index (χ1) is 17.3. The Morgan fingerprint density at radius 1 is 0.833 bits per heavy atom. The molecule has 5 unspecified atom stereocenters. The first-order valence-corrected chi connectivity index (χ1v) is 16.1. The Balaban J connectivity index is 4.57. The molecule has 2 N–H and O–H groups in total. The zero-order valence-electron chi connectivity index (χ0n) is 23.3. The minimum atomic E-state index is -2.40. The number of carbonyl (C=O) groups is 1. The number of rotatable bonds is 27. The molecule has 0 aromatic rings. The highest BCUT2D eigenvalue weighted by atomic mass is 32.1.